The number of pyridine rings is 1. The third-order valence-electron chi connectivity index (χ3n) is 6.18. The predicted octanol–water partition coefficient (Wildman–Crippen LogP) is 3.36. The van der Waals surface area contributed by atoms with Crippen LogP contribution in [0.3, 0.4) is 0 Å². The van der Waals surface area contributed by atoms with E-state index in [1.54, 1.807) is 24.5 Å². The van der Waals surface area contributed by atoms with E-state index >= 15 is 0 Å². The summed E-state index contributed by atoms with van der Waals surface area (Å²) in [5, 5.41) is 9.46. The first kappa shape index (κ1) is 18.6. The Hall–Kier alpha value is -2.73. The molecule has 2 aromatic rings. The number of carbonyl (C=O) groups excluding carboxylic acids is 2. The number of anilines is 2. The van der Waals surface area contributed by atoms with Gasteiger partial charge in [-0.25, -0.2) is 0 Å². The Morgan fingerprint density at radius 2 is 1.96 bits per heavy atom. The highest BCUT2D eigenvalue weighted by atomic mass is 16.2. The van der Waals surface area contributed by atoms with E-state index in [9.17, 15) is 9.59 Å². The van der Waals surface area contributed by atoms with Crippen molar-refractivity contribution in [2.75, 3.05) is 23.7 Å². The molecular weight excluding hydrogens is 352 g/mol. The van der Waals surface area contributed by atoms with Crippen LogP contribution in [0.1, 0.15) is 41.6 Å². The third kappa shape index (κ3) is 3.52. The van der Waals surface area contributed by atoms with Gasteiger partial charge in [0.25, 0.3) is 5.91 Å². The molecule has 1 saturated carbocycles. The monoisotopic (exact) mass is 378 g/mol. The summed E-state index contributed by atoms with van der Waals surface area (Å²) in [5.74, 6) is 0.315. The summed E-state index contributed by atoms with van der Waals surface area (Å²) in [7, 11) is 0. The van der Waals surface area contributed by atoms with Crippen molar-refractivity contribution in [2.45, 2.75) is 32.6 Å². The minimum atomic E-state index is -0.302. The van der Waals surface area contributed by atoms with Crippen LogP contribution >= 0.6 is 0 Å². The van der Waals surface area contributed by atoms with Crippen molar-refractivity contribution in [1.29, 1.82) is 0 Å². The van der Waals surface area contributed by atoms with Crippen LogP contribution < -0.4 is 16.0 Å². The summed E-state index contributed by atoms with van der Waals surface area (Å²) in [4.78, 5) is 29.6. The van der Waals surface area contributed by atoms with Gasteiger partial charge >= 0.3 is 0 Å². The third-order valence-corrected chi connectivity index (χ3v) is 6.18. The maximum absolute atomic E-state index is 13.2. The number of hydrogen-bond donors (Lipinski definition) is 3. The van der Waals surface area contributed by atoms with Crippen LogP contribution in [0.5, 0.6) is 0 Å². The van der Waals surface area contributed by atoms with Gasteiger partial charge in [0.05, 0.1) is 5.41 Å². The molecule has 1 aliphatic carbocycles. The van der Waals surface area contributed by atoms with E-state index < -0.39 is 0 Å². The van der Waals surface area contributed by atoms with Gasteiger partial charge in [0.1, 0.15) is 0 Å². The van der Waals surface area contributed by atoms with Gasteiger partial charge in [-0.15, -0.1) is 0 Å². The van der Waals surface area contributed by atoms with Crippen molar-refractivity contribution >= 4 is 23.2 Å². The van der Waals surface area contributed by atoms with Crippen molar-refractivity contribution in [1.82, 2.24) is 10.3 Å². The zero-order chi connectivity index (χ0) is 19.6. The minimum Gasteiger partial charge on any atom is -0.325 e. The summed E-state index contributed by atoms with van der Waals surface area (Å²) in [6.07, 6.45) is 7.54. The van der Waals surface area contributed by atoms with Gasteiger partial charge in [0.15, 0.2) is 0 Å². The Morgan fingerprint density at radius 1 is 1.14 bits per heavy atom. The standard InChI is InChI=1S/C22H26N4O2/c1-15-5-6-18(12-19(15)26-20(27)16-7-10-23-11-8-16)25-21(28)22-9-3-2-4-17(22)13-24-14-22/h5-8,10-12,17,24H,2-4,9,13-14H2,1H3,(H,25,28)(H,26,27)/t17-,22+/m0/s1. The molecule has 2 fully saturated rings. The van der Waals surface area contributed by atoms with Gasteiger partial charge in [-0.05, 0) is 62.1 Å². The second kappa shape index (κ2) is 7.72. The smallest absolute Gasteiger partial charge is 0.255 e. The normalized spacial score (nSPS) is 23.7. The van der Waals surface area contributed by atoms with Gasteiger partial charge in [-0.1, -0.05) is 18.9 Å². The van der Waals surface area contributed by atoms with Crippen LogP contribution in [-0.2, 0) is 4.79 Å². The molecule has 0 radical (unpaired) electrons. The highest BCUT2D eigenvalue weighted by molar-refractivity contribution is 6.05. The van der Waals surface area contributed by atoms with E-state index in [1.807, 2.05) is 25.1 Å². The molecule has 2 heterocycles. The number of benzene rings is 1. The Bertz CT molecular complexity index is 883. The lowest BCUT2D eigenvalue weighted by molar-refractivity contribution is -0.128. The van der Waals surface area contributed by atoms with Gasteiger partial charge in [0.2, 0.25) is 5.91 Å². The van der Waals surface area contributed by atoms with E-state index in [1.165, 1.54) is 6.42 Å². The number of hydrogen-bond acceptors (Lipinski definition) is 4. The van der Waals surface area contributed by atoms with Crippen LogP contribution in [0.4, 0.5) is 11.4 Å². The summed E-state index contributed by atoms with van der Waals surface area (Å²) in [5.41, 5.74) is 2.60. The first-order valence-corrected chi connectivity index (χ1v) is 9.93. The molecule has 0 bridgehead atoms. The second-order valence-corrected chi connectivity index (χ2v) is 7.90. The molecule has 4 rings (SSSR count). The number of aromatic nitrogens is 1. The highest BCUT2D eigenvalue weighted by Crippen LogP contribution is 2.44. The molecule has 3 N–H and O–H groups in total. The highest BCUT2D eigenvalue weighted by Gasteiger charge is 2.49. The number of nitrogens with one attached hydrogen (secondary N) is 3. The largest absolute Gasteiger partial charge is 0.325 e. The van der Waals surface area contributed by atoms with Crippen molar-refractivity contribution in [3.8, 4) is 0 Å². The molecule has 2 aliphatic rings. The fraction of sp³-hybridized carbons (Fsp3) is 0.409. The SMILES string of the molecule is Cc1ccc(NC(=O)[C@@]23CCCC[C@H]2CNC3)cc1NC(=O)c1ccncc1. The average molecular weight is 378 g/mol. The van der Waals surface area contributed by atoms with Crippen LogP contribution in [0.2, 0.25) is 0 Å². The maximum Gasteiger partial charge on any atom is 0.255 e. The lowest BCUT2D eigenvalue weighted by Gasteiger charge is -2.37. The van der Waals surface area contributed by atoms with Crippen molar-refractivity contribution in [3.63, 3.8) is 0 Å². The average Bonchev–Trinajstić information content (AvgIpc) is 3.16. The lowest BCUT2D eigenvalue weighted by atomic mass is 9.67. The number of carbonyl (C=O) groups is 2. The topological polar surface area (TPSA) is 83.1 Å². The zero-order valence-electron chi connectivity index (χ0n) is 16.1. The van der Waals surface area contributed by atoms with Gasteiger partial charge < -0.3 is 16.0 Å². The maximum atomic E-state index is 13.2. The van der Waals surface area contributed by atoms with E-state index in [4.69, 9.17) is 0 Å². The van der Waals surface area contributed by atoms with Crippen molar-refractivity contribution in [3.05, 3.63) is 53.9 Å². The molecule has 1 aromatic heterocycles. The van der Waals surface area contributed by atoms with E-state index in [-0.39, 0.29) is 17.2 Å². The number of aryl methyl sites for hydroxylation is 1. The molecule has 1 aliphatic heterocycles. The Morgan fingerprint density at radius 3 is 2.79 bits per heavy atom. The fourth-order valence-electron chi connectivity index (χ4n) is 4.48. The first-order valence-electron chi connectivity index (χ1n) is 9.93. The van der Waals surface area contributed by atoms with Crippen molar-refractivity contribution < 1.29 is 9.59 Å². The molecule has 2 atom stereocenters. The zero-order valence-corrected chi connectivity index (χ0v) is 16.1. The van der Waals surface area contributed by atoms with E-state index in [2.05, 4.69) is 20.9 Å². The minimum absolute atomic E-state index is 0.0949. The molecule has 0 unspecified atom stereocenters. The molecule has 1 saturated heterocycles. The number of rotatable bonds is 4. The molecular formula is C22H26N4O2. The van der Waals surface area contributed by atoms with Crippen LogP contribution in [-0.4, -0.2) is 29.9 Å². The summed E-state index contributed by atoms with van der Waals surface area (Å²) >= 11 is 0. The van der Waals surface area contributed by atoms with Crippen LogP contribution in [0.15, 0.2) is 42.7 Å². The first-order chi connectivity index (χ1) is 13.6. The summed E-state index contributed by atoms with van der Waals surface area (Å²) < 4.78 is 0. The van der Waals surface area contributed by atoms with Crippen LogP contribution in [0.25, 0.3) is 0 Å². The quantitative estimate of drug-likeness (QED) is 0.762. The molecule has 2 amide bonds. The Balaban J connectivity index is 1.51. The fourth-order valence-corrected chi connectivity index (χ4v) is 4.48. The van der Waals surface area contributed by atoms with Gasteiger partial charge in [0, 0.05) is 35.9 Å². The Kier molecular flexibility index (Phi) is 5.13. The molecule has 28 heavy (non-hydrogen) atoms. The molecule has 6 heteroatoms. The number of fused-ring (bicyclic) bond motifs is 1. The number of nitrogens with zero attached hydrogens (tertiary/aromatic N) is 1. The predicted molar refractivity (Wildman–Crippen MR) is 109 cm³/mol. The second-order valence-electron chi connectivity index (χ2n) is 7.90. The summed E-state index contributed by atoms with van der Waals surface area (Å²) in [6.45, 7) is 3.61. The summed E-state index contributed by atoms with van der Waals surface area (Å²) in [6, 6.07) is 8.99. The lowest BCUT2D eigenvalue weighted by Crippen LogP contribution is -2.44. The van der Waals surface area contributed by atoms with Gasteiger partial charge in [-0.2, -0.15) is 0 Å². The van der Waals surface area contributed by atoms with E-state index in [0.717, 1.165) is 37.9 Å². The van der Waals surface area contributed by atoms with Gasteiger partial charge in [-0.3, -0.25) is 14.6 Å². The van der Waals surface area contributed by atoms with Crippen molar-refractivity contribution in [2.24, 2.45) is 11.3 Å². The molecule has 1 aromatic carbocycles. The molecule has 146 valence electrons. The molecule has 0 spiro atoms. The number of amides is 2. The molecule has 6 nitrogen and oxygen atoms in total. The van der Waals surface area contributed by atoms with E-state index in [0.29, 0.717) is 22.9 Å². The van der Waals surface area contributed by atoms with Crippen LogP contribution in [0, 0.1) is 18.3 Å². The Labute approximate surface area is 165 Å².